The maximum absolute atomic E-state index is 12.7. The molecule has 2 aliphatic heterocycles. The summed E-state index contributed by atoms with van der Waals surface area (Å²) in [6, 6.07) is 9.75. The van der Waals surface area contributed by atoms with Gasteiger partial charge >= 0.3 is 0 Å². The standard InChI is InChI=1S/C20H24N2O4/c1-14-17(21-19(26-14)15-5-3-2-4-6-15)13-18(23)22-9-7-16(8-10-22)20-24-11-12-25-20/h2-6,16,20H,7-13H2,1H3. The zero-order valence-corrected chi connectivity index (χ0v) is 15.0. The first-order valence-electron chi connectivity index (χ1n) is 9.23. The van der Waals surface area contributed by atoms with Gasteiger partial charge in [-0.2, -0.15) is 0 Å². The Balaban J connectivity index is 1.36. The van der Waals surface area contributed by atoms with Crippen molar-refractivity contribution in [1.82, 2.24) is 9.88 Å². The summed E-state index contributed by atoms with van der Waals surface area (Å²) in [6.07, 6.45) is 2.04. The van der Waals surface area contributed by atoms with Crippen LogP contribution < -0.4 is 0 Å². The first-order valence-corrected chi connectivity index (χ1v) is 9.23. The predicted octanol–water partition coefficient (Wildman–Crippen LogP) is 2.80. The molecule has 1 aromatic heterocycles. The van der Waals surface area contributed by atoms with E-state index in [0.717, 1.165) is 37.2 Å². The summed E-state index contributed by atoms with van der Waals surface area (Å²) in [5.74, 6) is 1.77. The van der Waals surface area contributed by atoms with Gasteiger partial charge in [0.05, 0.1) is 25.3 Å². The maximum Gasteiger partial charge on any atom is 0.228 e. The van der Waals surface area contributed by atoms with E-state index < -0.39 is 0 Å². The Hall–Kier alpha value is -2.18. The molecular formula is C20H24N2O4. The number of carbonyl (C=O) groups excluding carboxylic acids is 1. The molecule has 0 N–H and O–H groups in total. The van der Waals surface area contributed by atoms with Gasteiger partial charge in [-0.3, -0.25) is 4.79 Å². The highest BCUT2D eigenvalue weighted by molar-refractivity contribution is 5.78. The minimum absolute atomic E-state index is 0.0848. The quantitative estimate of drug-likeness (QED) is 0.843. The van der Waals surface area contributed by atoms with Crippen molar-refractivity contribution in [2.75, 3.05) is 26.3 Å². The number of ether oxygens (including phenoxy) is 2. The molecule has 2 fully saturated rings. The predicted molar refractivity (Wildman–Crippen MR) is 95.4 cm³/mol. The molecular weight excluding hydrogens is 332 g/mol. The minimum atomic E-state index is -0.0848. The number of piperidine rings is 1. The van der Waals surface area contributed by atoms with Gasteiger partial charge < -0.3 is 18.8 Å². The molecule has 0 unspecified atom stereocenters. The average molecular weight is 356 g/mol. The zero-order valence-electron chi connectivity index (χ0n) is 15.0. The largest absolute Gasteiger partial charge is 0.441 e. The second kappa shape index (κ2) is 7.60. The Kier molecular flexibility index (Phi) is 5.04. The van der Waals surface area contributed by atoms with Gasteiger partial charge in [-0.1, -0.05) is 18.2 Å². The van der Waals surface area contributed by atoms with Crippen molar-refractivity contribution >= 4 is 5.91 Å². The molecule has 138 valence electrons. The molecule has 0 bridgehead atoms. The van der Waals surface area contributed by atoms with Crippen LogP contribution in [0.4, 0.5) is 0 Å². The number of rotatable bonds is 4. The number of aromatic nitrogens is 1. The van der Waals surface area contributed by atoms with E-state index in [0.29, 0.717) is 30.8 Å². The molecule has 6 heteroatoms. The van der Waals surface area contributed by atoms with Gasteiger partial charge in [0.25, 0.3) is 0 Å². The fourth-order valence-corrected chi connectivity index (χ4v) is 3.62. The average Bonchev–Trinajstić information content (AvgIpc) is 3.33. The Morgan fingerprint density at radius 1 is 1.15 bits per heavy atom. The second-order valence-corrected chi connectivity index (χ2v) is 6.89. The molecule has 26 heavy (non-hydrogen) atoms. The van der Waals surface area contributed by atoms with Crippen molar-refractivity contribution in [2.24, 2.45) is 5.92 Å². The molecule has 1 aromatic carbocycles. The summed E-state index contributed by atoms with van der Waals surface area (Å²) in [4.78, 5) is 19.1. The van der Waals surface area contributed by atoms with Gasteiger partial charge in [-0.05, 0) is 31.9 Å². The lowest BCUT2D eigenvalue weighted by Crippen LogP contribution is -2.42. The number of oxazole rings is 1. The van der Waals surface area contributed by atoms with Crippen LogP contribution in [0.3, 0.4) is 0 Å². The SMILES string of the molecule is Cc1oc(-c2ccccc2)nc1CC(=O)N1CCC(C2OCCO2)CC1. The van der Waals surface area contributed by atoms with Crippen LogP contribution in [0.1, 0.15) is 24.3 Å². The van der Waals surface area contributed by atoms with Gasteiger partial charge in [0.2, 0.25) is 11.8 Å². The lowest BCUT2D eigenvalue weighted by Gasteiger charge is -2.33. The van der Waals surface area contributed by atoms with Gasteiger partial charge in [-0.25, -0.2) is 4.98 Å². The lowest BCUT2D eigenvalue weighted by atomic mass is 9.96. The summed E-state index contributed by atoms with van der Waals surface area (Å²) < 4.78 is 17.0. The van der Waals surface area contributed by atoms with Crippen LogP contribution in [-0.4, -0.2) is 48.4 Å². The number of benzene rings is 1. The third-order valence-electron chi connectivity index (χ3n) is 5.16. The fourth-order valence-electron chi connectivity index (χ4n) is 3.62. The Morgan fingerprint density at radius 2 is 1.85 bits per heavy atom. The molecule has 3 heterocycles. The van der Waals surface area contributed by atoms with E-state index in [9.17, 15) is 4.79 Å². The summed E-state index contributed by atoms with van der Waals surface area (Å²) in [5, 5.41) is 0. The van der Waals surface area contributed by atoms with Crippen molar-refractivity contribution in [2.45, 2.75) is 32.5 Å². The molecule has 0 saturated carbocycles. The molecule has 6 nitrogen and oxygen atoms in total. The van der Waals surface area contributed by atoms with Gasteiger partial charge in [-0.15, -0.1) is 0 Å². The minimum Gasteiger partial charge on any atom is -0.441 e. The zero-order chi connectivity index (χ0) is 17.9. The van der Waals surface area contributed by atoms with E-state index in [1.54, 1.807) is 0 Å². The van der Waals surface area contributed by atoms with Crippen LogP contribution >= 0.6 is 0 Å². The van der Waals surface area contributed by atoms with E-state index in [1.807, 2.05) is 42.2 Å². The lowest BCUT2D eigenvalue weighted by molar-refractivity contribution is -0.136. The molecule has 0 aliphatic carbocycles. The second-order valence-electron chi connectivity index (χ2n) is 6.89. The fraction of sp³-hybridized carbons (Fsp3) is 0.500. The maximum atomic E-state index is 12.7. The number of likely N-dealkylation sites (tertiary alicyclic amines) is 1. The van der Waals surface area contributed by atoms with E-state index in [2.05, 4.69) is 4.98 Å². The van der Waals surface area contributed by atoms with E-state index in [-0.39, 0.29) is 18.6 Å². The van der Waals surface area contributed by atoms with Crippen molar-refractivity contribution in [3.8, 4) is 11.5 Å². The molecule has 2 aromatic rings. The molecule has 1 amide bonds. The van der Waals surface area contributed by atoms with Crippen LogP contribution in [0.5, 0.6) is 0 Å². The van der Waals surface area contributed by atoms with E-state index in [4.69, 9.17) is 13.9 Å². The van der Waals surface area contributed by atoms with Crippen LogP contribution in [0.25, 0.3) is 11.5 Å². The molecule has 4 rings (SSSR count). The Labute approximate surface area is 153 Å². The van der Waals surface area contributed by atoms with Crippen molar-refractivity contribution in [3.63, 3.8) is 0 Å². The highest BCUT2D eigenvalue weighted by Crippen LogP contribution is 2.27. The molecule has 2 aliphatic rings. The van der Waals surface area contributed by atoms with Gasteiger partial charge in [0.15, 0.2) is 6.29 Å². The van der Waals surface area contributed by atoms with E-state index >= 15 is 0 Å². The molecule has 0 atom stereocenters. The van der Waals surface area contributed by atoms with Gasteiger partial charge in [0.1, 0.15) is 5.76 Å². The van der Waals surface area contributed by atoms with Crippen LogP contribution in [0.15, 0.2) is 34.7 Å². The first kappa shape index (κ1) is 17.2. The monoisotopic (exact) mass is 356 g/mol. The summed E-state index contributed by atoms with van der Waals surface area (Å²) in [7, 11) is 0. The first-order chi connectivity index (χ1) is 12.7. The highest BCUT2D eigenvalue weighted by atomic mass is 16.7. The summed E-state index contributed by atoms with van der Waals surface area (Å²) in [6.45, 7) is 4.71. The van der Waals surface area contributed by atoms with E-state index in [1.165, 1.54) is 0 Å². The van der Waals surface area contributed by atoms with Crippen molar-refractivity contribution in [3.05, 3.63) is 41.8 Å². The Morgan fingerprint density at radius 3 is 2.54 bits per heavy atom. The van der Waals surface area contributed by atoms with Crippen LogP contribution in [0.2, 0.25) is 0 Å². The highest BCUT2D eigenvalue weighted by Gasteiger charge is 2.32. The number of carbonyl (C=O) groups is 1. The van der Waals surface area contributed by atoms with Crippen molar-refractivity contribution < 1.29 is 18.7 Å². The number of aryl methyl sites for hydroxylation is 1. The third-order valence-corrected chi connectivity index (χ3v) is 5.16. The number of hydrogen-bond donors (Lipinski definition) is 0. The van der Waals surface area contributed by atoms with Gasteiger partial charge in [0, 0.05) is 24.6 Å². The number of amides is 1. The molecule has 0 radical (unpaired) electrons. The van der Waals surface area contributed by atoms with Crippen LogP contribution in [0, 0.1) is 12.8 Å². The summed E-state index contributed by atoms with van der Waals surface area (Å²) >= 11 is 0. The normalized spacial score (nSPS) is 19.2. The smallest absolute Gasteiger partial charge is 0.228 e. The summed E-state index contributed by atoms with van der Waals surface area (Å²) in [5.41, 5.74) is 1.64. The third kappa shape index (κ3) is 3.66. The molecule has 0 spiro atoms. The molecule has 2 saturated heterocycles. The van der Waals surface area contributed by atoms with Crippen LogP contribution in [-0.2, 0) is 20.7 Å². The topological polar surface area (TPSA) is 64.8 Å². The Bertz CT molecular complexity index is 744. The number of hydrogen-bond acceptors (Lipinski definition) is 5. The van der Waals surface area contributed by atoms with Crippen molar-refractivity contribution in [1.29, 1.82) is 0 Å². The number of nitrogens with zero attached hydrogens (tertiary/aromatic N) is 2.